The van der Waals surface area contributed by atoms with E-state index in [0.29, 0.717) is 23.8 Å². The molecule has 2 saturated carbocycles. The summed E-state index contributed by atoms with van der Waals surface area (Å²) in [6.07, 6.45) is 7.86. The molecular formula is C28H29N5O4S. The summed E-state index contributed by atoms with van der Waals surface area (Å²) in [5, 5.41) is 4.22. The Morgan fingerprint density at radius 2 is 1.79 bits per heavy atom. The number of nitrogens with one attached hydrogen (secondary N) is 1. The van der Waals surface area contributed by atoms with Crippen molar-refractivity contribution in [2.45, 2.75) is 61.5 Å². The first-order valence-corrected chi connectivity index (χ1v) is 14.3. The van der Waals surface area contributed by atoms with Gasteiger partial charge in [0.25, 0.3) is 10.0 Å². The van der Waals surface area contributed by atoms with Crippen molar-refractivity contribution in [1.29, 1.82) is 0 Å². The van der Waals surface area contributed by atoms with Crippen molar-refractivity contribution >= 4 is 33.0 Å². The summed E-state index contributed by atoms with van der Waals surface area (Å²) < 4.78 is 33.8. The number of primary amides is 1. The molecule has 1 amide bonds. The quantitative estimate of drug-likeness (QED) is 0.342. The lowest BCUT2D eigenvalue weighted by atomic mass is 9.93. The Hall–Kier alpha value is -3.92. The predicted molar refractivity (Wildman–Crippen MR) is 144 cm³/mol. The van der Waals surface area contributed by atoms with Gasteiger partial charge in [-0.2, -0.15) is 0 Å². The van der Waals surface area contributed by atoms with Crippen LogP contribution < -0.4 is 11.1 Å². The monoisotopic (exact) mass is 531 g/mol. The van der Waals surface area contributed by atoms with E-state index in [1.807, 2.05) is 30.5 Å². The highest BCUT2D eigenvalue weighted by Gasteiger charge is 2.31. The molecule has 2 aliphatic rings. The standard InChI is InChI=1S/C28H29N5O4S/c29-27(34)37-20-8-6-7-19(15-20)31-28-30-16-23(18-13-14-18)26(32-28)24-17-33(25-12-5-4-11-22(24)25)38(35,36)21-9-2-1-3-10-21/h1-5,9-12,16-20H,6-8,13-15H2,(H2,29,34)(H,30,31,32)/t19-,20+/m1/s1. The van der Waals surface area contributed by atoms with Gasteiger partial charge in [-0.05, 0) is 56.2 Å². The Kier molecular flexibility index (Phi) is 6.27. The van der Waals surface area contributed by atoms with E-state index in [0.717, 1.165) is 54.3 Å². The highest BCUT2D eigenvalue weighted by Crippen LogP contribution is 2.45. The first kappa shape index (κ1) is 24.4. The normalized spacial score (nSPS) is 19.8. The first-order valence-electron chi connectivity index (χ1n) is 12.9. The second-order valence-electron chi connectivity index (χ2n) is 10.0. The zero-order valence-corrected chi connectivity index (χ0v) is 21.6. The molecule has 2 aromatic carbocycles. The van der Waals surface area contributed by atoms with Crippen molar-refractivity contribution in [3.05, 3.63) is 72.6 Å². The Balaban J connectivity index is 1.41. The van der Waals surface area contributed by atoms with E-state index >= 15 is 0 Å². The number of fused-ring (bicyclic) bond motifs is 1. The molecule has 2 atom stereocenters. The summed E-state index contributed by atoms with van der Waals surface area (Å²) in [5.41, 5.74) is 8.34. The molecule has 4 aromatic rings. The lowest BCUT2D eigenvalue weighted by molar-refractivity contribution is 0.0796. The zero-order chi connectivity index (χ0) is 26.3. The molecule has 3 N–H and O–H groups in total. The molecule has 196 valence electrons. The fourth-order valence-corrected chi connectivity index (χ4v) is 6.73. The smallest absolute Gasteiger partial charge is 0.404 e. The van der Waals surface area contributed by atoms with Gasteiger partial charge in [0, 0.05) is 41.4 Å². The van der Waals surface area contributed by atoms with Crippen molar-refractivity contribution in [3.63, 3.8) is 0 Å². The number of nitrogens with two attached hydrogens (primary N) is 1. The van der Waals surface area contributed by atoms with Crippen LogP contribution in [0.4, 0.5) is 10.7 Å². The van der Waals surface area contributed by atoms with Crippen LogP contribution in [-0.4, -0.2) is 40.6 Å². The van der Waals surface area contributed by atoms with Crippen molar-refractivity contribution in [3.8, 4) is 11.3 Å². The van der Waals surface area contributed by atoms with E-state index in [2.05, 4.69) is 10.3 Å². The summed E-state index contributed by atoms with van der Waals surface area (Å²) in [5.74, 6) is 0.826. The molecule has 0 radical (unpaired) electrons. The highest BCUT2D eigenvalue weighted by molar-refractivity contribution is 7.90. The molecular weight excluding hydrogens is 502 g/mol. The number of benzene rings is 2. The maximum atomic E-state index is 13.6. The Morgan fingerprint density at radius 3 is 2.55 bits per heavy atom. The number of aromatic nitrogens is 3. The average molecular weight is 532 g/mol. The van der Waals surface area contributed by atoms with Gasteiger partial charge < -0.3 is 15.8 Å². The van der Waals surface area contributed by atoms with E-state index < -0.39 is 16.1 Å². The minimum Gasteiger partial charge on any atom is -0.446 e. The topological polar surface area (TPSA) is 129 Å². The van der Waals surface area contributed by atoms with Crippen molar-refractivity contribution < 1.29 is 17.9 Å². The zero-order valence-electron chi connectivity index (χ0n) is 20.8. The Morgan fingerprint density at radius 1 is 1.03 bits per heavy atom. The van der Waals surface area contributed by atoms with Crippen molar-refractivity contribution in [2.24, 2.45) is 5.73 Å². The van der Waals surface area contributed by atoms with Crippen LogP contribution in [0.5, 0.6) is 0 Å². The van der Waals surface area contributed by atoms with Gasteiger partial charge >= 0.3 is 6.09 Å². The van der Waals surface area contributed by atoms with Crippen molar-refractivity contribution in [1.82, 2.24) is 13.9 Å². The van der Waals surface area contributed by atoms with E-state index in [1.54, 1.807) is 36.5 Å². The molecule has 2 heterocycles. The highest BCUT2D eigenvalue weighted by atomic mass is 32.2. The van der Waals surface area contributed by atoms with Gasteiger partial charge in [-0.3, -0.25) is 0 Å². The third kappa shape index (κ3) is 4.71. The maximum Gasteiger partial charge on any atom is 0.404 e. The third-order valence-electron chi connectivity index (χ3n) is 7.31. The lowest BCUT2D eigenvalue weighted by Crippen LogP contribution is -2.34. The van der Waals surface area contributed by atoms with Crippen LogP contribution in [0.25, 0.3) is 22.2 Å². The molecule has 0 aliphatic heterocycles. The summed E-state index contributed by atoms with van der Waals surface area (Å²) in [7, 11) is -3.81. The van der Waals surface area contributed by atoms with Crippen LogP contribution in [0, 0.1) is 0 Å². The number of amides is 1. The molecule has 0 saturated heterocycles. The molecule has 9 nitrogen and oxygen atoms in total. The van der Waals surface area contributed by atoms with E-state index in [9.17, 15) is 13.2 Å². The number of carbonyl (C=O) groups is 1. The van der Waals surface area contributed by atoms with E-state index in [4.69, 9.17) is 15.5 Å². The minimum atomic E-state index is -3.81. The van der Waals surface area contributed by atoms with Crippen LogP contribution in [0.1, 0.15) is 50.0 Å². The molecule has 0 spiro atoms. The number of para-hydroxylation sites is 1. The van der Waals surface area contributed by atoms with Crippen LogP contribution in [0.15, 0.2) is 71.9 Å². The molecule has 0 bridgehead atoms. The summed E-state index contributed by atoms with van der Waals surface area (Å²) >= 11 is 0. The van der Waals surface area contributed by atoms with Gasteiger partial charge in [-0.15, -0.1) is 0 Å². The van der Waals surface area contributed by atoms with E-state index in [-0.39, 0.29) is 17.0 Å². The largest absolute Gasteiger partial charge is 0.446 e. The number of anilines is 1. The van der Waals surface area contributed by atoms with Gasteiger partial charge in [0.2, 0.25) is 5.95 Å². The second kappa shape index (κ2) is 9.75. The van der Waals surface area contributed by atoms with E-state index in [1.165, 1.54) is 3.97 Å². The van der Waals surface area contributed by atoms with Gasteiger partial charge in [-0.25, -0.2) is 27.2 Å². The van der Waals surface area contributed by atoms with Gasteiger partial charge in [0.15, 0.2) is 0 Å². The molecule has 2 aliphatic carbocycles. The van der Waals surface area contributed by atoms with Crippen LogP contribution in [-0.2, 0) is 14.8 Å². The van der Waals surface area contributed by atoms with Crippen LogP contribution >= 0.6 is 0 Å². The number of hydrogen-bond donors (Lipinski definition) is 2. The number of nitrogens with zero attached hydrogens (tertiary/aromatic N) is 3. The third-order valence-corrected chi connectivity index (χ3v) is 9.00. The van der Waals surface area contributed by atoms with Crippen LogP contribution in [0.3, 0.4) is 0 Å². The van der Waals surface area contributed by atoms with Crippen LogP contribution in [0.2, 0.25) is 0 Å². The van der Waals surface area contributed by atoms with Gasteiger partial charge in [0.1, 0.15) is 6.10 Å². The Bertz CT molecular complexity index is 1600. The molecule has 38 heavy (non-hydrogen) atoms. The summed E-state index contributed by atoms with van der Waals surface area (Å²) in [6, 6.07) is 16.0. The van der Waals surface area contributed by atoms with Gasteiger partial charge in [-0.1, -0.05) is 36.4 Å². The molecule has 0 unspecified atom stereocenters. The molecule has 10 heteroatoms. The Labute approximate surface area is 221 Å². The molecule has 2 aromatic heterocycles. The molecule has 6 rings (SSSR count). The maximum absolute atomic E-state index is 13.6. The first-order chi connectivity index (χ1) is 18.4. The summed E-state index contributed by atoms with van der Waals surface area (Å²) in [6.45, 7) is 0. The molecule has 2 fully saturated rings. The number of ether oxygens (including phenoxy) is 1. The predicted octanol–water partition coefficient (Wildman–Crippen LogP) is 5.03. The number of hydrogen-bond acceptors (Lipinski definition) is 7. The van der Waals surface area contributed by atoms with Crippen molar-refractivity contribution in [2.75, 3.05) is 5.32 Å². The van der Waals surface area contributed by atoms with Gasteiger partial charge in [0.05, 0.1) is 16.1 Å². The number of rotatable bonds is 7. The SMILES string of the molecule is NC(=O)O[C@H]1CCC[C@@H](Nc2ncc(C3CC3)c(-c3cn(S(=O)(=O)c4ccccc4)c4ccccc34)n2)C1. The number of carbonyl (C=O) groups excluding carboxylic acids is 1. The lowest BCUT2D eigenvalue weighted by Gasteiger charge is -2.29. The fraction of sp³-hybridized carbons (Fsp3) is 0.321. The minimum absolute atomic E-state index is 0.0347. The fourth-order valence-electron chi connectivity index (χ4n) is 5.34. The summed E-state index contributed by atoms with van der Waals surface area (Å²) in [4.78, 5) is 21.0. The average Bonchev–Trinajstić information content (AvgIpc) is 3.68. The second-order valence-corrected chi connectivity index (χ2v) is 11.8.